The quantitative estimate of drug-likeness (QED) is 0.0325. The highest BCUT2D eigenvalue weighted by molar-refractivity contribution is 5.77. The number of allylic oxidation sites excluding steroid dienone is 8. The summed E-state index contributed by atoms with van der Waals surface area (Å²) in [6.45, 7) is 6.31. The van der Waals surface area contributed by atoms with E-state index in [1.807, 2.05) is 36.5 Å². The van der Waals surface area contributed by atoms with Crippen LogP contribution in [0.1, 0.15) is 233 Å². The average molecular weight is 786 g/mol. The zero-order chi connectivity index (χ0) is 41.0. The van der Waals surface area contributed by atoms with Crippen molar-refractivity contribution in [2.24, 2.45) is 0 Å². The van der Waals surface area contributed by atoms with Crippen molar-refractivity contribution in [2.45, 2.75) is 251 Å². The highest BCUT2D eigenvalue weighted by atomic mass is 16.5. The molecule has 0 aromatic rings. The lowest BCUT2D eigenvalue weighted by Crippen LogP contribution is -2.46. The summed E-state index contributed by atoms with van der Waals surface area (Å²) >= 11 is 0. The van der Waals surface area contributed by atoms with Crippen molar-refractivity contribution in [3.05, 3.63) is 48.6 Å². The van der Waals surface area contributed by atoms with E-state index in [2.05, 4.69) is 38.2 Å². The van der Waals surface area contributed by atoms with Crippen LogP contribution in [0.25, 0.3) is 0 Å². The van der Waals surface area contributed by atoms with Crippen LogP contribution in [0.5, 0.6) is 0 Å². The van der Waals surface area contributed by atoms with E-state index in [9.17, 15) is 19.8 Å². The molecule has 0 saturated carbocycles. The summed E-state index contributed by atoms with van der Waals surface area (Å²) in [4.78, 5) is 26.0. The molecule has 6 heteroatoms. The molecule has 0 bridgehead atoms. The third-order valence-electron chi connectivity index (χ3n) is 10.8. The molecule has 3 unspecified atom stereocenters. The Morgan fingerprint density at radius 1 is 0.536 bits per heavy atom. The molecule has 56 heavy (non-hydrogen) atoms. The fraction of sp³-hybridized carbons (Fsp3) is 0.800. The van der Waals surface area contributed by atoms with Crippen LogP contribution in [0.2, 0.25) is 0 Å². The summed E-state index contributed by atoms with van der Waals surface area (Å²) in [6, 6.07) is -0.719. The van der Waals surface area contributed by atoms with Gasteiger partial charge >= 0.3 is 5.97 Å². The Morgan fingerprint density at radius 2 is 0.964 bits per heavy atom. The molecule has 6 nitrogen and oxygen atoms in total. The molecule has 0 aliphatic rings. The van der Waals surface area contributed by atoms with E-state index in [1.54, 1.807) is 0 Å². The summed E-state index contributed by atoms with van der Waals surface area (Å²) in [5, 5.41) is 23.7. The Balaban J connectivity index is 4.58. The van der Waals surface area contributed by atoms with Gasteiger partial charge in [0.15, 0.2) is 0 Å². The number of rotatable bonds is 42. The second kappa shape index (κ2) is 43.9. The smallest absolute Gasteiger partial charge is 0.306 e. The normalized spacial score (nSPS) is 13.7. The number of hydrogen-bond donors (Lipinski definition) is 3. The predicted octanol–water partition coefficient (Wildman–Crippen LogP) is 13.9. The van der Waals surface area contributed by atoms with Crippen molar-refractivity contribution in [3.8, 4) is 0 Å². The number of ether oxygens (including phenoxy) is 1. The molecular weight excluding hydrogens is 695 g/mol. The summed E-state index contributed by atoms with van der Waals surface area (Å²) in [5.41, 5.74) is 0. The number of carbonyl (C=O) groups excluding carboxylic acids is 2. The van der Waals surface area contributed by atoms with Gasteiger partial charge in [0.05, 0.1) is 25.2 Å². The molecule has 0 saturated heterocycles. The molecule has 0 aliphatic carbocycles. The highest BCUT2D eigenvalue weighted by Gasteiger charge is 2.24. The van der Waals surface area contributed by atoms with Gasteiger partial charge in [0.1, 0.15) is 6.10 Å². The minimum absolute atomic E-state index is 0.0336. The maximum absolute atomic E-state index is 13.1. The van der Waals surface area contributed by atoms with Gasteiger partial charge in [-0.15, -0.1) is 0 Å². The van der Waals surface area contributed by atoms with Crippen LogP contribution in [-0.4, -0.2) is 46.9 Å². The highest BCUT2D eigenvalue weighted by Crippen LogP contribution is 2.17. The van der Waals surface area contributed by atoms with E-state index in [0.29, 0.717) is 19.3 Å². The first-order valence-corrected chi connectivity index (χ1v) is 23.9. The molecule has 0 aromatic carbocycles. The number of nitrogens with one attached hydrogen (secondary N) is 1. The molecule has 0 rings (SSSR count). The summed E-state index contributed by atoms with van der Waals surface area (Å²) < 4.78 is 5.86. The zero-order valence-corrected chi connectivity index (χ0v) is 37.0. The molecule has 0 aliphatic heterocycles. The first-order valence-electron chi connectivity index (χ1n) is 23.9. The molecule has 326 valence electrons. The van der Waals surface area contributed by atoms with Gasteiger partial charge in [-0.1, -0.05) is 230 Å². The van der Waals surface area contributed by atoms with Gasteiger partial charge in [0, 0.05) is 6.42 Å². The van der Waals surface area contributed by atoms with Gasteiger partial charge in [0.2, 0.25) is 5.91 Å². The van der Waals surface area contributed by atoms with Crippen LogP contribution in [0, 0.1) is 0 Å². The Bertz CT molecular complexity index is 972. The van der Waals surface area contributed by atoms with E-state index in [-0.39, 0.29) is 24.9 Å². The van der Waals surface area contributed by atoms with E-state index in [0.717, 1.165) is 57.8 Å². The molecule has 0 fully saturated rings. The number of carbonyl (C=O) groups is 2. The fourth-order valence-electron chi connectivity index (χ4n) is 7.15. The van der Waals surface area contributed by atoms with Crippen LogP contribution in [0.4, 0.5) is 0 Å². The van der Waals surface area contributed by atoms with Crippen molar-refractivity contribution in [1.29, 1.82) is 0 Å². The molecule has 0 aromatic heterocycles. The topological polar surface area (TPSA) is 95.9 Å². The molecular formula is C50H91NO5. The number of unbranched alkanes of at least 4 members (excludes halogenated alkanes) is 25. The molecule has 3 atom stereocenters. The third-order valence-corrected chi connectivity index (χ3v) is 10.8. The van der Waals surface area contributed by atoms with Gasteiger partial charge in [-0.2, -0.15) is 0 Å². The zero-order valence-electron chi connectivity index (χ0n) is 37.0. The molecule has 1 amide bonds. The summed E-state index contributed by atoms with van der Waals surface area (Å²) in [6.07, 6.45) is 51.8. The van der Waals surface area contributed by atoms with Crippen LogP contribution in [-0.2, 0) is 14.3 Å². The standard InChI is InChI=1S/C50H91NO5/c1-4-7-10-13-16-19-22-23-24-25-28-30-33-36-39-42-48(53)47(45-52)51-49(54)44-46(41-38-35-32-29-26-20-17-14-11-8-5-2)56-50(55)43-40-37-34-31-27-21-18-15-12-9-6-3/h8,11,14,17,20,26,29,32,46-48,52-53H,4-7,9-10,12-13,15-16,18-19,21-25,27-28,30-31,33-45H2,1-3H3,(H,51,54)/b11-8+,17-14+,26-20-,32-29-. The maximum atomic E-state index is 13.1. The number of aliphatic hydroxyl groups is 2. The lowest BCUT2D eigenvalue weighted by atomic mass is 10.0. The van der Waals surface area contributed by atoms with Gasteiger partial charge in [-0.25, -0.2) is 0 Å². The van der Waals surface area contributed by atoms with Crippen molar-refractivity contribution in [3.63, 3.8) is 0 Å². The maximum Gasteiger partial charge on any atom is 0.306 e. The summed E-state index contributed by atoms with van der Waals surface area (Å²) in [7, 11) is 0. The predicted molar refractivity (Wildman–Crippen MR) is 241 cm³/mol. The van der Waals surface area contributed by atoms with Gasteiger partial charge in [0.25, 0.3) is 0 Å². The van der Waals surface area contributed by atoms with Crippen LogP contribution < -0.4 is 5.32 Å². The van der Waals surface area contributed by atoms with E-state index < -0.39 is 18.2 Å². The Labute approximate surface area is 346 Å². The Kier molecular flexibility index (Phi) is 42.2. The summed E-state index contributed by atoms with van der Waals surface area (Å²) in [5.74, 6) is -0.539. The van der Waals surface area contributed by atoms with Crippen LogP contribution in [0.15, 0.2) is 48.6 Å². The van der Waals surface area contributed by atoms with Gasteiger partial charge < -0.3 is 20.3 Å². The minimum atomic E-state index is -0.802. The second-order valence-electron chi connectivity index (χ2n) is 16.2. The average Bonchev–Trinajstić information content (AvgIpc) is 3.19. The first-order chi connectivity index (χ1) is 27.5. The molecule has 0 heterocycles. The Morgan fingerprint density at radius 3 is 1.43 bits per heavy atom. The second-order valence-corrected chi connectivity index (χ2v) is 16.2. The van der Waals surface area contributed by atoms with Gasteiger partial charge in [-0.3, -0.25) is 9.59 Å². The Hall–Kier alpha value is -2.18. The van der Waals surface area contributed by atoms with Crippen LogP contribution >= 0.6 is 0 Å². The van der Waals surface area contributed by atoms with E-state index in [4.69, 9.17) is 4.74 Å². The third kappa shape index (κ3) is 38.7. The van der Waals surface area contributed by atoms with E-state index in [1.165, 1.54) is 128 Å². The number of aliphatic hydroxyl groups excluding tert-OH is 2. The molecule has 0 radical (unpaired) electrons. The fourth-order valence-corrected chi connectivity index (χ4v) is 7.15. The lowest BCUT2D eigenvalue weighted by molar-refractivity contribution is -0.151. The van der Waals surface area contributed by atoms with Crippen molar-refractivity contribution >= 4 is 11.9 Å². The SMILES string of the molecule is CC/C=C/C=C/C=C\C=C/CCCC(CC(=O)NC(CO)C(O)CCCCCCCCCCCCCCCCC)OC(=O)CCCCCCCCCCCCC. The van der Waals surface area contributed by atoms with Gasteiger partial charge in [-0.05, 0) is 38.5 Å². The first kappa shape index (κ1) is 53.8. The minimum Gasteiger partial charge on any atom is -0.462 e. The van der Waals surface area contributed by atoms with Crippen LogP contribution in [0.3, 0.4) is 0 Å². The molecule has 3 N–H and O–H groups in total. The number of hydrogen-bond acceptors (Lipinski definition) is 5. The van der Waals surface area contributed by atoms with E-state index >= 15 is 0 Å². The van der Waals surface area contributed by atoms with Crippen molar-refractivity contribution < 1.29 is 24.5 Å². The number of esters is 1. The lowest BCUT2D eigenvalue weighted by Gasteiger charge is -2.24. The molecule has 0 spiro atoms. The monoisotopic (exact) mass is 786 g/mol. The van der Waals surface area contributed by atoms with Crippen molar-refractivity contribution in [1.82, 2.24) is 5.32 Å². The largest absolute Gasteiger partial charge is 0.462 e. The van der Waals surface area contributed by atoms with Crippen molar-refractivity contribution in [2.75, 3.05) is 6.61 Å². The number of amides is 1.